The Morgan fingerprint density at radius 3 is 2.41 bits per heavy atom. The van der Waals surface area contributed by atoms with E-state index in [1.807, 2.05) is 20.8 Å². The number of aromatic nitrogens is 3. The van der Waals surface area contributed by atoms with Crippen molar-refractivity contribution in [3.63, 3.8) is 0 Å². The number of nitrogens with zero attached hydrogens (tertiary/aromatic N) is 3. The summed E-state index contributed by atoms with van der Waals surface area (Å²) in [6, 6.07) is 5.23. The third kappa shape index (κ3) is 2.74. The smallest absolute Gasteiger partial charge is 0.358 e. The lowest BCUT2D eigenvalue weighted by molar-refractivity contribution is 0.0687. The van der Waals surface area contributed by atoms with E-state index >= 15 is 0 Å². The Labute approximate surface area is 128 Å². The van der Waals surface area contributed by atoms with Crippen molar-refractivity contribution in [3.05, 3.63) is 29.6 Å². The second-order valence-electron chi connectivity index (χ2n) is 5.79. The van der Waals surface area contributed by atoms with Crippen LogP contribution >= 0.6 is 0 Å². The van der Waals surface area contributed by atoms with Crippen molar-refractivity contribution in [2.45, 2.75) is 26.2 Å². The maximum absolute atomic E-state index is 11.4. The molecular weight excluding hydrogens is 286 g/mol. The molecule has 0 aliphatic rings. The van der Waals surface area contributed by atoms with Crippen LogP contribution in [0.3, 0.4) is 0 Å². The van der Waals surface area contributed by atoms with Crippen molar-refractivity contribution in [2.75, 3.05) is 14.2 Å². The Kier molecular flexibility index (Phi) is 4.07. The van der Waals surface area contributed by atoms with E-state index in [0.717, 1.165) is 0 Å². The van der Waals surface area contributed by atoms with Gasteiger partial charge in [-0.15, -0.1) is 5.10 Å². The lowest BCUT2D eigenvalue weighted by Crippen LogP contribution is -2.21. The number of carbonyl (C=O) groups is 1. The highest BCUT2D eigenvalue weighted by Gasteiger charge is 2.30. The molecule has 0 unspecified atom stereocenters. The number of carboxylic acid groups (broad SMARTS) is 1. The Hall–Kier alpha value is -2.57. The molecular formula is C15H19N3O4. The highest BCUT2D eigenvalue weighted by atomic mass is 16.5. The summed E-state index contributed by atoms with van der Waals surface area (Å²) in [7, 11) is 3.09. The van der Waals surface area contributed by atoms with E-state index in [0.29, 0.717) is 22.9 Å². The van der Waals surface area contributed by atoms with Crippen molar-refractivity contribution in [3.8, 4) is 17.2 Å². The maximum atomic E-state index is 11.4. The Balaban J connectivity index is 2.71. The van der Waals surface area contributed by atoms with E-state index in [2.05, 4.69) is 10.3 Å². The predicted molar refractivity (Wildman–Crippen MR) is 80.1 cm³/mol. The number of hydrogen-bond donors (Lipinski definition) is 1. The third-order valence-electron chi connectivity index (χ3n) is 3.20. The average Bonchev–Trinajstić information content (AvgIpc) is 2.91. The summed E-state index contributed by atoms with van der Waals surface area (Å²) in [6.07, 6.45) is 0. The zero-order chi connectivity index (χ0) is 16.5. The number of rotatable bonds is 4. The minimum Gasteiger partial charge on any atom is -0.497 e. The highest BCUT2D eigenvalue weighted by Crippen LogP contribution is 2.32. The fourth-order valence-electron chi connectivity index (χ4n) is 2.23. The zero-order valence-corrected chi connectivity index (χ0v) is 13.2. The monoisotopic (exact) mass is 305 g/mol. The summed E-state index contributed by atoms with van der Waals surface area (Å²) >= 11 is 0. The van der Waals surface area contributed by atoms with Gasteiger partial charge in [-0.05, 0) is 12.1 Å². The molecule has 0 amide bonds. The summed E-state index contributed by atoms with van der Waals surface area (Å²) in [5.74, 6) is 0.0480. The van der Waals surface area contributed by atoms with Crippen molar-refractivity contribution >= 4 is 5.97 Å². The molecule has 7 heteroatoms. The number of methoxy groups -OCH3 is 2. The first-order valence-corrected chi connectivity index (χ1v) is 6.71. The maximum Gasteiger partial charge on any atom is 0.358 e. The molecule has 2 rings (SSSR count). The molecule has 1 aromatic carbocycles. The van der Waals surface area contributed by atoms with E-state index in [4.69, 9.17) is 9.47 Å². The molecule has 0 atom stereocenters. The molecule has 0 saturated carbocycles. The standard InChI is InChI=1S/C15H19N3O4/c1-15(2,3)13-12(14(19)20)16-17-18(13)10-7-6-9(21-4)8-11(10)22-5/h6-8H,1-5H3,(H,19,20). The molecule has 0 fully saturated rings. The molecule has 1 heterocycles. The van der Waals surface area contributed by atoms with Crippen LogP contribution in [-0.4, -0.2) is 40.3 Å². The molecule has 1 aromatic heterocycles. The molecule has 118 valence electrons. The van der Waals surface area contributed by atoms with Crippen LogP contribution in [0.15, 0.2) is 18.2 Å². The topological polar surface area (TPSA) is 86.5 Å². The number of benzene rings is 1. The number of aromatic carboxylic acids is 1. The van der Waals surface area contributed by atoms with Crippen LogP contribution in [0, 0.1) is 0 Å². The van der Waals surface area contributed by atoms with Gasteiger partial charge in [0.25, 0.3) is 0 Å². The third-order valence-corrected chi connectivity index (χ3v) is 3.20. The Morgan fingerprint density at radius 1 is 1.23 bits per heavy atom. The fourth-order valence-corrected chi connectivity index (χ4v) is 2.23. The second-order valence-corrected chi connectivity index (χ2v) is 5.79. The largest absolute Gasteiger partial charge is 0.497 e. The zero-order valence-electron chi connectivity index (χ0n) is 13.2. The molecule has 0 spiro atoms. The van der Waals surface area contributed by atoms with Crippen LogP contribution in [0.4, 0.5) is 0 Å². The van der Waals surface area contributed by atoms with E-state index < -0.39 is 11.4 Å². The molecule has 0 radical (unpaired) electrons. The van der Waals surface area contributed by atoms with Crippen LogP contribution in [-0.2, 0) is 5.41 Å². The minimum absolute atomic E-state index is 0.0645. The lowest BCUT2D eigenvalue weighted by Gasteiger charge is -2.21. The quantitative estimate of drug-likeness (QED) is 0.932. The Bertz CT molecular complexity index is 701. The van der Waals surface area contributed by atoms with Gasteiger partial charge in [0, 0.05) is 11.5 Å². The van der Waals surface area contributed by atoms with Crippen LogP contribution in [0.2, 0.25) is 0 Å². The summed E-state index contributed by atoms with van der Waals surface area (Å²) in [4.78, 5) is 11.4. The lowest BCUT2D eigenvalue weighted by atomic mass is 9.90. The van der Waals surface area contributed by atoms with Crippen molar-refractivity contribution in [1.82, 2.24) is 15.0 Å². The Morgan fingerprint density at radius 2 is 1.91 bits per heavy atom. The van der Waals surface area contributed by atoms with Gasteiger partial charge < -0.3 is 14.6 Å². The molecule has 2 aromatic rings. The number of hydrogen-bond acceptors (Lipinski definition) is 5. The van der Waals surface area contributed by atoms with Crippen LogP contribution in [0.1, 0.15) is 37.0 Å². The fraction of sp³-hybridized carbons (Fsp3) is 0.400. The second kappa shape index (κ2) is 5.67. The van der Waals surface area contributed by atoms with Crippen molar-refractivity contribution < 1.29 is 19.4 Å². The molecule has 0 saturated heterocycles. The first kappa shape index (κ1) is 15.8. The summed E-state index contributed by atoms with van der Waals surface area (Å²) in [5.41, 5.74) is 0.587. The van der Waals surface area contributed by atoms with Gasteiger partial charge in [0.1, 0.15) is 17.2 Å². The van der Waals surface area contributed by atoms with Crippen molar-refractivity contribution in [2.24, 2.45) is 0 Å². The van der Waals surface area contributed by atoms with Crippen LogP contribution < -0.4 is 9.47 Å². The van der Waals surface area contributed by atoms with Gasteiger partial charge in [0.2, 0.25) is 0 Å². The van der Waals surface area contributed by atoms with Gasteiger partial charge in [0.15, 0.2) is 5.69 Å². The highest BCUT2D eigenvalue weighted by molar-refractivity contribution is 5.87. The van der Waals surface area contributed by atoms with Crippen molar-refractivity contribution in [1.29, 1.82) is 0 Å². The molecule has 0 aliphatic carbocycles. The number of carboxylic acids is 1. The van der Waals surface area contributed by atoms with Crippen LogP contribution in [0.25, 0.3) is 5.69 Å². The SMILES string of the molecule is COc1ccc(-n2nnc(C(=O)O)c2C(C)(C)C)c(OC)c1. The predicted octanol–water partition coefficient (Wildman–Crippen LogP) is 2.28. The molecule has 22 heavy (non-hydrogen) atoms. The van der Waals surface area contributed by atoms with Gasteiger partial charge in [0.05, 0.1) is 19.9 Å². The minimum atomic E-state index is -1.11. The van der Waals surface area contributed by atoms with Gasteiger partial charge in [-0.3, -0.25) is 0 Å². The summed E-state index contributed by atoms with van der Waals surface area (Å²) in [6.45, 7) is 5.72. The normalized spacial score (nSPS) is 11.3. The molecule has 0 aliphatic heterocycles. The van der Waals surface area contributed by atoms with E-state index in [1.165, 1.54) is 11.8 Å². The van der Waals surface area contributed by atoms with Gasteiger partial charge in [-0.25, -0.2) is 9.48 Å². The van der Waals surface area contributed by atoms with E-state index in [-0.39, 0.29) is 5.69 Å². The summed E-state index contributed by atoms with van der Waals surface area (Å²) in [5, 5.41) is 17.1. The van der Waals surface area contributed by atoms with Gasteiger partial charge in [-0.2, -0.15) is 0 Å². The first-order chi connectivity index (χ1) is 10.3. The first-order valence-electron chi connectivity index (χ1n) is 6.71. The van der Waals surface area contributed by atoms with Gasteiger partial charge >= 0.3 is 5.97 Å². The molecule has 0 bridgehead atoms. The van der Waals surface area contributed by atoms with E-state index in [9.17, 15) is 9.90 Å². The van der Waals surface area contributed by atoms with Crippen LogP contribution in [0.5, 0.6) is 11.5 Å². The van der Waals surface area contributed by atoms with E-state index in [1.54, 1.807) is 25.3 Å². The molecule has 7 nitrogen and oxygen atoms in total. The summed E-state index contributed by atoms with van der Waals surface area (Å²) < 4.78 is 12.0. The molecule has 1 N–H and O–H groups in total. The number of ether oxygens (including phenoxy) is 2. The average molecular weight is 305 g/mol. The van der Waals surface area contributed by atoms with Gasteiger partial charge in [-0.1, -0.05) is 26.0 Å².